The SMILES string of the molecule is NCc1ccc(C(C(N)=O)C2CCc3cc(Cl)cc4[nH]c(C(=O)O)c2c34)c(OCC(=O)O)c1. The first-order chi connectivity index (χ1) is 15.7. The van der Waals surface area contributed by atoms with Crippen molar-refractivity contribution in [2.75, 3.05) is 6.61 Å². The number of ether oxygens (including phenoxy) is 1. The van der Waals surface area contributed by atoms with E-state index in [1.165, 1.54) is 0 Å². The Bertz CT molecular complexity index is 1280. The number of H-pyrrole nitrogens is 1. The van der Waals surface area contributed by atoms with Gasteiger partial charge < -0.3 is 31.4 Å². The van der Waals surface area contributed by atoms with E-state index in [0.29, 0.717) is 45.5 Å². The summed E-state index contributed by atoms with van der Waals surface area (Å²) < 4.78 is 5.48. The van der Waals surface area contributed by atoms with Crippen molar-refractivity contribution in [1.29, 1.82) is 0 Å². The number of aryl methyl sites for hydroxylation is 1. The summed E-state index contributed by atoms with van der Waals surface area (Å²) in [5, 5.41) is 20.1. The molecule has 2 atom stereocenters. The average molecular weight is 472 g/mol. The van der Waals surface area contributed by atoms with Gasteiger partial charge in [0.2, 0.25) is 5.91 Å². The van der Waals surface area contributed by atoms with Gasteiger partial charge in [-0.2, -0.15) is 0 Å². The van der Waals surface area contributed by atoms with E-state index in [0.717, 1.165) is 5.56 Å². The van der Waals surface area contributed by atoms with E-state index < -0.39 is 36.3 Å². The normalized spacial score (nSPS) is 15.9. The third-order valence-electron chi connectivity index (χ3n) is 6.00. The third-order valence-corrected chi connectivity index (χ3v) is 6.22. The van der Waals surface area contributed by atoms with Gasteiger partial charge in [-0.15, -0.1) is 0 Å². The quantitative estimate of drug-likeness (QED) is 0.336. The molecule has 0 aliphatic heterocycles. The van der Waals surface area contributed by atoms with Crippen molar-refractivity contribution >= 4 is 40.3 Å². The number of primary amides is 1. The van der Waals surface area contributed by atoms with E-state index in [-0.39, 0.29) is 18.0 Å². The fraction of sp³-hybridized carbons (Fsp3) is 0.261. The van der Waals surface area contributed by atoms with Crippen molar-refractivity contribution in [2.45, 2.75) is 31.2 Å². The Labute approximate surface area is 193 Å². The van der Waals surface area contributed by atoms with E-state index >= 15 is 0 Å². The van der Waals surface area contributed by atoms with Crippen LogP contribution in [0.4, 0.5) is 0 Å². The second-order valence-corrected chi connectivity index (χ2v) is 8.43. The summed E-state index contributed by atoms with van der Waals surface area (Å²) in [6, 6.07) is 8.36. The molecule has 0 saturated carbocycles. The Balaban J connectivity index is 1.91. The zero-order valence-corrected chi connectivity index (χ0v) is 18.2. The van der Waals surface area contributed by atoms with Crippen LogP contribution in [0.25, 0.3) is 10.9 Å². The molecule has 1 aliphatic rings. The number of aliphatic carboxylic acids is 1. The van der Waals surface area contributed by atoms with E-state index in [1.54, 1.807) is 30.3 Å². The van der Waals surface area contributed by atoms with Crippen molar-refractivity contribution in [3.63, 3.8) is 0 Å². The van der Waals surface area contributed by atoms with Gasteiger partial charge >= 0.3 is 11.9 Å². The van der Waals surface area contributed by atoms with Gasteiger partial charge in [-0.3, -0.25) is 4.79 Å². The minimum Gasteiger partial charge on any atom is -0.482 e. The monoisotopic (exact) mass is 471 g/mol. The number of carboxylic acid groups (broad SMARTS) is 2. The molecule has 0 saturated heterocycles. The molecule has 1 aromatic heterocycles. The van der Waals surface area contributed by atoms with E-state index in [2.05, 4.69) is 4.98 Å². The topological polar surface area (TPSA) is 169 Å². The van der Waals surface area contributed by atoms with Gasteiger partial charge in [-0.1, -0.05) is 23.7 Å². The molecule has 0 radical (unpaired) electrons. The number of hydrogen-bond donors (Lipinski definition) is 5. The molecule has 0 spiro atoms. The summed E-state index contributed by atoms with van der Waals surface area (Å²) in [6.07, 6.45) is 0.993. The van der Waals surface area contributed by atoms with Crippen molar-refractivity contribution < 1.29 is 29.3 Å². The number of hydrogen-bond acceptors (Lipinski definition) is 5. The Morgan fingerprint density at radius 2 is 1.97 bits per heavy atom. The fourth-order valence-electron chi connectivity index (χ4n) is 4.73. The van der Waals surface area contributed by atoms with Crippen LogP contribution in [0.1, 0.15) is 51.0 Å². The Morgan fingerprint density at radius 3 is 2.61 bits per heavy atom. The highest BCUT2D eigenvalue weighted by Crippen LogP contribution is 2.48. The summed E-state index contributed by atoms with van der Waals surface area (Å²) >= 11 is 6.21. The highest BCUT2D eigenvalue weighted by Gasteiger charge is 2.39. The van der Waals surface area contributed by atoms with Crippen LogP contribution < -0.4 is 16.2 Å². The van der Waals surface area contributed by atoms with Gasteiger partial charge in [0.1, 0.15) is 11.4 Å². The summed E-state index contributed by atoms with van der Waals surface area (Å²) in [7, 11) is 0. The first-order valence-electron chi connectivity index (χ1n) is 10.2. The van der Waals surface area contributed by atoms with Gasteiger partial charge in [0.25, 0.3) is 0 Å². The lowest BCUT2D eigenvalue weighted by Gasteiger charge is -2.30. The number of carbonyl (C=O) groups is 3. The van der Waals surface area contributed by atoms with E-state index in [4.69, 9.17) is 32.9 Å². The molecule has 33 heavy (non-hydrogen) atoms. The lowest BCUT2D eigenvalue weighted by molar-refractivity contribution is -0.139. The van der Waals surface area contributed by atoms with Crippen LogP contribution in [0.3, 0.4) is 0 Å². The number of rotatable bonds is 8. The lowest BCUT2D eigenvalue weighted by Crippen LogP contribution is -2.30. The minimum absolute atomic E-state index is 0.0314. The van der Waals surface area contributed by atoms with E-state index in [1.807, 2.05) is 0 Å². The second-order valence-electron chi connectivity index (χ2n) is 7.99. The molecule has 0 fully saturated rings. The number of carbonyl (C=O) groups excluding carboxylic acids is 1. The molecular formula is C23H22ClN3O6. The standard InChI is InChI=1S/C23H22ClN3O6/c24-12-6-11-2-4-14(20-18(11)15(7-12)27-21(20)23(31)32)19(22(26)30)13-3-1-10(8-25)5-16(13)33-9-17(28)29/h1,3,5-7,14,19,27H,2,4,8-9,25H2,(H2,26,30)(H,28,29)(H,31,32). The zero-order chi connectivity index (χ0) is 23.9. The molecule has 1 heterocycles. The number of halogens is 1. The van der Waals surface area contributed by atoms with Crippen LogP contribution in [-0.2, 0) is 22.6 Å². The van der Waals surface area contributed by atoms with Crippen molar-refractivity contribution in [2.24, 2.45) is 11.5 Å². The van der Waals surface area contributed by atoms with Crippen LogP contribution >= 0.6 is 11.6 Å². The maximum absolute atomic E-state index is 12.8. The molecule has 2 unspecified atom stereocenters. The van der Waals surface area contributed by atoms with Crippen LogP contribution in [0.5, 0.6) is 5.75 Å². The first-order valence-corrected chi connectivity index (χ1v) is 10.6. The molecule has 4 rings (SSSR count). The van der Waals surface area contributed by atoms with Crippen molar-refractivity contribution in [3.8, 4) is 5.75 Å². The summed E-state index contributed by atoms with van der Waals surface area (Å²) in [5.41, 5.74) is 14.5. The molecule has 10 heteroatoms. The molecular weight excluding hydrogens is 450 g/mol. The van der Waals surface area contributed by atoms with Gasteiger partial charge in [-0.05, 0) is 47.7 Å². The van der Waals surface area contributed by atoms with Crippen LogP contribution in [0, 0.1) is 0 Å². The Hall–Kier alpha value is -3.56. The number of nitrogens with two attached hydrogens (primary N) is 2. The molecule has 172 valence electrons. The second kappa shape index (κ2) is 8.76. The molecule has 9 nitrogen and oxygen atoms in total. The number of aromatic amines is 1. The molecule has 0 bridgehead atoms. The molecule has 1 aliphatic carbocycles. The number of benzene rings is 2. The Kier molecular flexibility index (Phi) is 6.01. The predicted octanol–water partition coefficient (Wildman–Crippen LogP) is 2.74. The first kappa shape index (κ1) is 22.6. The van der Waals surface area contributed by atoms with Gasteiger partial charge in [0, 0.05) is 34.0 Å². The molecule has 7 N–H and O–H groups in total. The van der Waals surface area contributed by atoms with Gasteiger partial charge in [-0.25, -0.2) is 9.59 Å². The largest absolute Gasteiger partial charge is 0.482 e. The molecule has 2 aromatic carbocycles. The van der Waals surface area contributed by atoms with E-state index in [9.17, 15) is 19.5 Å². The smallest absolute Gasteiger partial charge is 0.352 e. The number of aromatic carboxylic acids is 1. The molecule has 1 amide bonds. The van der Waals surface area contributed by atoms with Crippen LogP contribution in [0.2, 0.25) is 5.02 Å². The number of aromatic nitrogens is 1. The summed E-state index contributed by atoms with van der Waals surface area (Å²) in [4.78, 5) is 38.9. The third kappa shape index (κ3) is 4.12. The van der Waals surface area contributed by atoms with Crippen LogP contribution in [-0.4, -0.2) is 39.6 Å². The summed E-state index contributed by atoms with van der Waals surface area (Å²) in [6.45, 7) is -0.433. The van der Waals surface area contributed by atoms with Crippen molar-refractivity contribution in [3.05, 3.63) is 63.3 Å². The highest BCUT2D eigenvalue weighted by atomic mass is 35.5. The van der Waals surface area contributed by atoms with Crippen LogP contribution in [0.15, 0.2) is 30.3 Å². The highest BCUT2D eigenvalue weighted by molar-refractivity contribution is 6.31. The lowest BCUT2D eigenvalue weighted by atomic mass is 9.73. The number of nitrogens with one attached hydrogen (secondary N) is 1. The van der Waals surface area contributed by atoms with Gasteiger partial charge in [0.05, 0.1) is 5.92 Å². The fourth-order valence-corrected chi connectivity index (χ4v) is 4.97. The maximum Gasteiger partial charge on any atom is 0.352 e. The summed E-state index contributed by atoms with van der Waals surface area (Å²) in [5.74, 6) is -4.38. The van der Waals surface area contributed by atoms with Crippen molar-refractivity contribution in [1.82, 2.24) is 4.98 Å². The Morgan fingerprint density at radius 1 is 1.21 bits per heavy atom. The maximum atomic E-state index is 12.8. The minimum atomic E-state index is -1.18. The molecule has 3 aromatic rings. The number of carboxylic acids is 2. The average Bonchev–Trinajstić information content (AvgIpc) is 3.14. The zero-order valence-electron chi connectivity index (χ0n) is 17.4. The number of amides is 1. The predicted molar refractivity (Wildman–Crippen MR) is 121 cm³/mol. The van der Waals surface area contributed by atoms with Gasteiger partial charge in [0.15, 0.2) is 6.61 Å².